The first-order valence-electron chi connectivity index (χ1n) is 5.74. The van der Waals surface area contributed by atoms with E-state index in [1.807, 2.05) is 6.92 Å². The van der Waals surface area contributed by atoms with Crippen molar-refractivity contribution in [3.8, 4) is 5.75 Å². The van der Waals surface area contributed by atoms with Crippen molar-refractivity contribution in [2.24, 2.45) is 0 Å². The number of rotatable bonds is 5. The molecule has 106 valence electrons. The summed E-state index contributed by atoms with van der Waals surface area (Å²) in [6.45, 7) is 2.37. The van der Waals surface area contributed by atoms with E-state index in [1.165, 1.54) is 24.5 Å². The van der Waals surface area contributed by atoms with E-state index in [-0.39, 0.29) is 15.9 Å². The molecule has 1 N–H and O–H groups in total. The van der Waals surface area contributed by atoms with Crippen LogP contribution in [0, 0.1) is 0 Å². The van der Waals surface area contributed by atoms with Gasteiger partial charge in [0.1, 0.15) is 23.0 Å². The van der Waals surface area contributed by atoms with Gasteiger partial charge in [0.25, 0.3) is 10.0 Å². The summed E-state index contributed by atoms with van der Waals surface area (Å²) in [6, 6.07) is 7.41. The minimum absolute atomic E-state index is 0.107. The first-order valence-corrected chi connectivity index (χ1v) is 7.60. The number of nitrogens with zero attached hydrogens (tertiary/aromatic N) is 2. The lowest BCUT2D eigenvalue weighted by Crippen LogP contribution is -2.14. The Morgan fingerprint density at radius 2 is 1.95 bits per heavy atom. The van der Waals surface area contributed by atoms with Crippen molar-refractivity contribution in [1.82, 2.24) is 9.97 Å². The van der Waals surface area contributed by atoms with Crippen LogP contribution in [0.3, 0.4) is 0 Å². The normalized spacial score (nSPS) is 11.1. The van der Waals surface area contributed by atoms with E-state index >= 15 is 0 Å². The van der Waals surface area contributed by atoms with Crippen molar-refractivity contribution in [3.05, 3.63) is 41.8 Å². The second-order valence-electron chi connectivity index (χ2n) is 3.74. The van der Waals surface area contributed by atoms with Gasteiger partial charge in [-0.05, 0) is 31.2 Å². The van der Waals surface area contributed by atoms with Gasteiger partial charge >= 0.3 is 0 Å². The van der Waals surface area contributed by atoms with Crippen LogP contribution in [0.15, 0.2) is 41.6 Å². The molecular weight excluding hydrogens is 302 g/mol. The smallest absolute Gasteiger partial charge is 0.263 e. The molecule has 0 unspecified atom stereocenters. The van der Waals surface area contributed by atoms with E-state index in [4.69, 9.17) is 16.3 Å². The third-order valence-electron chi connectivity index (χ3n) is 2.32. The predicted molar refractivity (Wildman–Crippen MR) is 75.5 cm³/mol. The average Bonchev–Trinajstić information content (AvgIpc) is 2.39. The summed E-state index contributed by atoms with van der Waals surface area (Å²) in [6.07, 6.45) is 1.18. The lowest BCUT2D eigenvalue weighted by Gasteiger charge is -2.08. The van der Waals surface area contributed by atoms with Crippen molar-refractivity contribution in [1.29, 1.82) is 0 Å². The molecular formula is C12H12ClN3O3S. The van der Waals surface area contributed by atoms with Crippen molar-refractivity contribution in [3.63, 3.8) is 0 Å². The van der Waals surface area contributed by atoms with E-state index in [0.717, 1.165) is 0 Å². The molecule has 0 fully saturated rings. The summed E-state index contributed by atoms with van der Waals surface area (Å²) >= 11 is 5.67. The molecule has 0 atom stereocenters. The second-order valence-corrected chi connectivity index (χ2v) is 5.81. The highest BCUT2D eigenvalue weighted by Gasteiger charge is 2.15. The molecule has 0 saturated heterocycles. The van der Waals surface area contributed by atoms with Crippen LogP contribution in [0.25, 0.3) is 0 Å². The Kier molecular flexibility index (Phi) is 4.41. The summed E-state index contributed by atoms with van der Waals surface area (Å²) in [7, 11) is -3.72. The molecule has 2 rings (SSSR count). The average molecular weight is 314 g/mol. The summed E-state index contributed by atoms with van der Waals surface area (Å²) in [5.41, 5.74) is 0. The highest BCUT2D eigenvalue weighted by atomic mass is 35.5. The predicted octanol–water partition coefficient (Wildman–Crippen LogP) is 2.33. The van der Waals surface area contributed by atoms with Gasteiger partial charge in [-0.1, -0.05) is 11.6 Å². The SMILES string of the molecule is CCOc1ccc(S(=O)(=O)Nc2cc(Cl)ncn2)cc1. The molecule has 0 aliphatic rings. The Hall–Kier alpha value is -1.86. The molecule has 1 aromatic carbocycles. The number of sulfonamides is 1. The fraction of sp³-hybridized carbons (Fsp3) is 0.167. The molecule has 1 aromatic heterocycles. The van der Waals surface area contributed by atoms with Crippen molar-refractivity contribution >= 4 is 27.4 Å². The zero-order valence-corrected chi connectivity index (χ0v) is 12.1. The van der Waals surface area contributed by atoms with Crippen molar-refractivity contribution < 1.29 is 13.2 Å². The third kappa shape index (κ3) is 3.58. The lowest BCUT2D eigenvalue weighted by atomic mass is 10.3. The maximum Gasteiger partial charge on any atom is 0.263 e. The molecule has 8 heteroatoms. The van der Waals surface area contributed by atoms with Gasteiger partial charge in [-0.15, -0.1) is 0 Å². The van der Waals surface area contributed by atoms with Crippen LogP contribution in [0.1, 0.15) is 6.92 Å². The Balaban J connectivity index is 2.21. The first-order chi connectivity index (χ1) is 9.51. The van der Waals surface area contributed by atoms with Crippen LogP contribution in [0.2, 0.25) is 5.15 Å². The molecule has 0 saturated carbocycles. The van der Waals surface area contributed by atoms with Crippen molar-refractivity contribution in [2.45, 2.75) is 11.8 Å². The molecule has 0 amide bonds. The molecule has 0 bridgehead atoms. The van der Waals surface area contributed by atoms with Crippen LogP contribution >= 0.6 is 11.6 Å². The number of hydrogen-bond donors (Lipinski definition) is 1. The van der Waals surface area contributed by atoms with E-state index in [2.05, 4.69) is 14.7 Å². The summed E-state index contributed by atoms with van der Waals surface area (Å²) < 4.78 is 31.8. The molecule has 0 radical (unpaired) electrons. The summed E-state index contributed by atoms with van der Waals surface area (Å²) in [4.78, 5) is 7.57. The topological polar surface area (TPSA) is 81.2 Å². The number of nitrogens with one attached hydrogen (secondary N) is 1. The Morgan fingerprint density at radius 1 is 1.25 bits per heavy atom. The van der Waals surface area contributed by atoms with Gasteiger partial charge in [0.2, 0.25) is 0 Å². The zero-order valence-electron chi connectivity index (χ0n) is 10.6. The molecule has 2 aromatic rings. The lowest BCUT2D eigenvalue weighted by molar-refractivity contribution is 0.340. The minimum atomic E-state index is -3.72. The monoisotopic (exact) mass is 313 g/mol. The minimum Gasteiger partial charge on any atom is -0.494 e. The van der Waals surface area contributed by atoms with Crippen LogP contribution in [0.5, 0.6) is 5.75 Å². The van der Waals surface area contributed by atoms with Gasteiger partial charge in [-0.2, -0.15) is 0 Å². The highest BCUT2D eigenvalue weighted by molar-refractivity contribution is 7.92. The van der Waals surface area contributed by atoms with Gasteiger partial charge < -0.3 is 4.74 Å². The van der Waals surface area contributed by atoms with Crippen LogP contribution < -0.4 is 9.46 Å². The van der Waals surface area contributed by atoms with Gasteiger partial charge in [0, 0.05) is 6.07 Å². The number of ether oxygens (including phenoxy) is 1. The molecule has 0 aliphatic carbocycles. The fourth-order valence-corrected chi connectivity index (χ4v) is 2.61. The van der Waals surface area contributed by atoms with Gasteiger partial charge in [0.15, 0.2) is 0 Å². The van der Waals surface area contributed by atoms with Gasteiger partial charge in [0.05, 0.1) is 11.5 Å². The van der Waals surface area contributed by atoms with Gasteiger partial charge in [-0.3, -0.25) is 4.72 Å². The van der Waals surface area contributed by atoms with E-state index in [0.29, 0.717) is 12.4 Å². The van der Waals surface area contributed by atoms with E-state index in [1.54, 1.807) is 12.1 Å². The van der Waals surface area contributed by atoms with E-state index < -0.39 is 10.0 Å². The summed E-state index contributed by atoms with van der Waals surface area (Å²) in [5, 5.41) is 0.157. The largest absolute Gasteiger partial charge is 0.494 e. The number of benzene rings is 1. The molecule has 20 heavy (non-hydrogen) atoms. The fourth-order valence-electron chi connectivity index (χ4n) is 1.47. The maximum absolute atomic E-state index is 12.1. The summed E-state index contributed by atoms with van der Waals surface area (Å²) in [5.74, 6) is 0.718. The van der Waals surface area contributed by atoms with E-state index in [9.17, 15) is 8.42 Å². The second kappa shape index (κ2) is 6.06. The quantitative estimate of drug-likeness (QED) is 0.857. The zero-order chi connectivity index (χ0) is 14.6. The van der Waals surface area contributed by atoms with Crippen LogP contribution in [-0.2, 0) is 10.0 Å². The molecule has 6 nitrogen and oxygen atoms in total. The Morgan fingerprint density at radius 3 is 2.55 bits per heavy atom. The van der Waals surface area contributed by atoms with Gasteiger partial charge in [-0.25, -0.2) is 18.4 Å². The number of aromatic nitrogens is 2. The Labute approximate surface area is 121 Å². The van der Waals surface area contributed by atoms with Crippen LogP contribution in [0.4, 0.5) is 5.82 Å². The standard InChI is InChI=1S/C12H12ClN3O3S/c1-2-19-9-3-5-10(6-4-9)20(17,18)16-12-7-11(13)14-8-15-12/h3-8H,2H2,1H3,(H,14,15,16). The number of halogens is 1. The third-order valence-corrected chi connectivity index (χ3v) is 3.90. The molecule has 0 aliphatic heterocycles. The number of hydrogen-bond acceptors (Lipinski definition) is 5. The highest BCUT2D eigenvalue weighted by Crippen LogP contribution is 2.19. The maximum atomic E-state index is 12.1. The Bertz CT molecular complexity index is 689. The van der Waals surface area contributed by atoms with Crippen molar-refractivity contribution in [2.75, 3.05) is 11.3 Å². The number of anilines is 1. The molecule has 0 spiro atoms. The first kappa shape index (κ1) is 14.5. The van der Waals surface area contributed by atoms with Crippen LogP contribution in [-0.4, -0.2) is 25.0 Å². The molecule has 1 heterocycles.